The molecule has 0 spiro atoms. The summed E-state index contributed by atoms with van der Waals surface area (Å²) in [5.41, 5.74) is 0.173. The minimum atomic E-state index is -0.384. The van der Waals surface area contributed by atoms with Crippen molar-refractivity contribution in [3.63, 3.8) is 0 Å². The maximum atomic E-state index is 8.90. The van der Waals surface area contributed by atoms with Crippen molar-refractivity contribution in [2.75, 3.05) is 0 Å². The molecule has 0 saturated heterocycles. The smallest absolute Gasteiger partial charge is 0.409 e. The number of rotatable bonds is 18. The zero-order valence-electron chi connectivity index (χ0n) is 17.0. The molecule has 0 rings (SSSR count). The number of hydrogen-bond acceptors (Lipinski definition) is 2. The first-order valence-electron chi connectivity index (χ1n) is 10.6. The van der Waals surface area contributed by atoms with E-state index in [9.17, 15) is 0 Å². The standard InChI is InChI=1S/C21H44O2Si/c1-5-6-7-8-9-10-11-12-13-14-15-16-17-18-19-21(3,4)20(2)23-24-22/h20,22H,5-19H2,1-4H3. The topological polar surface area (TPSA) is 29.5 Å². The van der Waals surface area contributed by atoms with Crippen molar-refractivity contribution in [3.05, 3.63) is 0 Å². The number of hydrogen-bond donors (Lipinski definition) is 1. The third kappa shape index (κ3) is 14.5. The molecule has 144 valence electrons. The second-order valence-corrected chi connectivity index (χ2v) is 8.60. The van der Waals surface area contributed by atoms with Gasteiger partial charge in [-0.1, -0.05) is 111 Å². The summed E-state index contributed by atoms with van der Waals surface area (Å²) in [5, 5.41) is 0. The first-order chi connectivity index (χ1) is 11.5. The Bertz CT molecular complexity index is 256. The van der Waals surface area contributed by atoms with Gasteiger partial charge in [0.25, 0.3) is 0 Å². The maximum Gasteiger partial charge on any atom is 0.430 e. The molecule has 0 aromatic rings. The van der Waals surface area contributed by atoms with Gasteiger partial charge in [-0.2, -0.15) is 0 Å². The quantitative estimate of drug-likeness (QED) is 0.216. The highest BCUT2D eigenvalue weighted by Crippen LogP contribution is 2.29. The molecule has 0 aromatic carbocycles. The van der Waals surface area contributed by atoms with Gasteiger partial charge in [-0.25, -0.2) is 0 Å². The van der Waals surface area contributed by atoms with Gasteiger partial charge in [0.1, 0.15) is 0 Å². The van der Waals surface area contributed by atoms with E-state index in [1.54, 1.807) is 0 Å². The fourth-order valence-electron chi connectivity index (χ4n) is 3.22. The zero-order chi connectivity index (χ0) is 18.1. The molecule has 1 unspecified atom stereocenters. The van der Waals surface area contributed by atoms with Crippen LogP contribution in [0.5, 0.6) is 0 Å². The Morgan fingerprint density at radius 3 is 1.50 bits per heavy atom. The fourth-order valence-corrected chi connectivity index (χ4v) is 3.69. The molecule has 3 heteroatoms. The molecule has 2 radical (unpaired) electrons. The van der Waals surface area contributed by atoms with Crippen LogP contribution in [0.1, 0.15) is 124 Å². The van der Waals surface area contributed by atoms with Gasteiger partial charge < -0.3 is 9.22 Å². The Kier molecular flexibility index (Phi) is 16.7. The van der Waals surface area contributed by atoms with Crippen LogP contribution in [0.2, 0.25) is 0 Å². The summed E-state index contributed by atoms with van der Waals surface area (Å²) < 4.78 is 5.36. The molecule has 0 fully saturated rings. The van der Waals surface area contributed by atoms with Crippen LogP contribution in [0.15, 0.2) is 0 Å². The second kappa shape index (κ2) is 16.6. The van der Waals surface area contributed by atoms with E-state index in [-0.39, 0.29) is 21.5 Å². The molecule has 24 heavy (non-hydrogen) atoms. The van der Waals surface area contributed by atoms with Crippen LogP contribution in [0.3, 0.4) is 0 Å². The Hall–Kier alpha value is 0.137. The van der Waals surface area contributed by atoms with Crippen molar-refractivity contribution in [3.8, 4) is 0 Å². The molecule has 1 atom stereocenters. The second-order valence-electron chi connectivity index (χ2n) is 8.19. The minimum Gasteiger partial charge on any atom is -0.409 e. The molecule has 0 bridgehead atoms. The van der Waals surface area contributed by atoms with Crippen molar-refractivity contribution in [1.82, 2.24) is 0 Å². The van der Waals surface area contributed by atoms with Gasteiger partial charge in [0.15, 0.2) is 0 Å². The minimum absolute atomic E-state index is 0.141. The Balaban J connectivity index is 3.28. The van der Waals surface area contributed by atoms with Gasteiger partial charge in [-0.15, -0.1) is 0 Å². The molecular formula is C21H44O2Si. The van der Waals surface area contributed by atoms with Crippen molar-refractivity contribution in [1.29, 1.82) is 0 Å². The maximum absolute atomic E-state index is 8.90. The first-order valence-corrected chi connectivity index (χ1v) is 11.4. The molecule has 0 aliphatic carbocycles. The average Bonchev–Trinajstić information content (AvgIpc) is 2.55. The Morgan fingerprint density at radius 1 is 0.750 bits per heavy atom. The molecule has 0 heterocycles. The zero-order valence-corrected chi connectivity index (χ0v) is 18.0. The van der Waals surface area contributed by atoms with E-state index in [2.05, 4.69) is 27.7 Å². The van der Waals surface area contributed by atoms with Gasteiger partial charge in [0.2, 0.25) is 0 Å². The molecule has 1 N–H and O–H groups in total. The van der Waals surface area contributed by atoms with Crippen molar-refractivity contribution >= 4 is 10.0 Å². The van der Waals surface area contributed by atoms with Crippen molar-refractivity contribution in [2.24, 2.45) is 5.41 Å². The Labute approximate surface area is 155 Å². The SMILES string of the molecule is CCCCCCCCCCCCCCCCC(C)(C)C(C)O[Si]O. The summed E-state index contributed by atoms with van der Waals surface area (Å²) in [6.07, 6.45) is 21.1. The Morgan fingerprint density at radius 2 is 1.12 bits per heavy atom. The highest BCUT2D eigenvalue weighted by molar-refractivity contribution is 6.15. The summed E-state index contributed by atoms with van der Waals surface area (Å²) in [6, 6.07) is 0. The van der Waals surface area contributed by atoms with Crippen LogP contribution in [-0.4, -0.2) is 20.9 Å². The van der Waals surface area contributed by atoms with Crippen LogP contribution in [-0.2, 0) is 4.43 Å². The lowest BCUT2D eigenvalue weighted by molar-refractivity contribution is 0.0697. The molecule has 2 nitrogen and oxygen atoms in total. The average molecular weight is 357 g/mol. The van der Waals surface area contributed by atoms with Gasteiger partial charge >= 0.3 is 10.0 Å². The predicted molar refractivity (Wildman–Crippen MR) is 107 cm³/mol. The van der Waals surface area contributed by atoms with Crippen molar-refractivity contribution in [2.45, 2.75) is 130 Å². The summed E-state index contributed by atoms with van der Waals surface area (Å²) in [6.45, 7) is 8.86. The highest BCUT2D eigenvalue weighted by atomic mass is 28.2. The molecular weight excluding hydrogens is 312 g/mol. The molecule has 0 saturated carbocycles. The third-order valence-electron chi connectivity index (χ3n) is 5.50. The normalized spacial score (nSPS) is 13.4. The monoisotopic (exact) mass is 356 g/mol. The van der Waals surface area contributed by atoms with Crippen LogP contribution in [0.4, 0.5) is 0 Å². The molecule has 0 aliphatic rings. The van der Waals surface area contributed by atoms with Gasteiger partial charge in [-0.05, 0) is 18.8 Å². The molecule has 0 aliphatic heterocycles. The highest BCUT2D eigenvalue weighted by Gasteiger charge is 2.25. The summed E-state index contributed by atoms with van der Waals surface area (Å²) >= 11 is 0. The van der Waals surface area contributed by atoms with E-state index in [0.717, 1.165) is 0 Å². The van der Waals surface area contributed by atoms with E-state index in [4.69, 9.17) is 9.22 Å². The fraction of sp³-hybridized carbons (Fsp3) is 1.00. The molecule has 0 amide bonds. The van der Waals surface area contributed by atoms with Crippen molar-refractivity contribution < 1.29 is 9.22 Å². The molecule has 0 aromatic heterocycles. The van der Waals surface area contributed by atoms with E-state index < -0.39 is 0 Å². The third-order valence-corrected chi connectivity index (χ3v) is 5.96. The summed E-state index contributed by atoms with van der Waals surface area (Å²) in [7, 11) is -0.384. The van der Waals surface area contributed by atoms with E-state index in [1.165, 1.54) is 96.3 Å². The van der Waals surface area contributed by atoms with Crippen LogP contribution in [0, 0.1) is 5.41 Å². The van der Waals surface area contributed by atoms with Gasteiger partial charge in [-0.3, -0.25) is 0 Å². The largest absolute Gasteiger partial charge is 0.430 e. The number of unbranched alkanes of at least 4 members (excludes halogenated alkanes) is 13. The van der Waals surface area contributed by atoms with Gasteiger partial charge in [0.05, 0.1) is 0 Å². The van der Waals surface area contributed by atoms with E-state index in [1.807, 2.05) is 0 Å². The van der Waals surface area contributed by atoms with Crippen LogP contribution in [0.25, 0.3) is 0 Å². The van der Waals surface area contributed by atoms with E-state index in [0.29, 0.717) is 0 Å². The van der Waals surface area contributed by atoms with E-state index >= 15 is 0 Å². The van der Waals surface area contributed by atoms with Gasteiger partial charge in [0, 0.05) is 6.10 Å². The lowest BCUT2D eigenvalue weighted by Gasteiger charge is -2.31. The lowest BCUT2D eigenvalue weighted by Crippen LogP contribution is -2.30. The van der Waals surface area contributed by atoms with Crippen LogP contribution >= 0.6 is 0 Å². The summed E-state index contributed by atoms with van der Waals surface area (Å²) in [4.78, 5) is 8.90. The first kappa shape index (κ1) is 24.1. The van der Waals surface area contributed by atoms with Crippen LogP contribution < -0.4 is 0 Å². The summed E-state index contributed by atoms with van der Waals surface area (Å²) in [5.74, 6) is 0. The lowest BCUT2D eigenvalue weighted by atomic mass is 9.82. The predicted octanol–water partition coefficient (Wildman–Crippen LogP) is 6.82.